The number of nitrogens with zero attached hydrogens (tertiary/aromatic N) is 1. The van der Waals surface area contributed by atoms with Crippen molar-refractivity contribution in [1.82, 2.24) is 10.2 Å². The van der Waals surface area contributed by atoms with E-state index in [0.717, 1.165) is 23.5 Å². The second kappa shape index (κ2) is 9.39. The van der Waals surface area contributed by atoms with E-state index in [1.54, 1.807) is 14.2 Å². The second-order valence-electron chi connectivity index (χ2n) is 8.54. The first-order chi connectivity index (χ1) is 14.3. The Morgan fingerprint density at radius 2 is 1.83 bits per heavy atom. The summed E-state index contributed by atoms with van der Waals surface area (Å²) in [5.74, 6) is 1.54. The van der Waals surface area contributed by atoms with Crippen molar-refractivity contribution < 1.29 is 19.0 Å². The van der Waals surface area contributed by atoms with Gasteiger partial charge in [0.1, 0.15) is 17.1 Å². The minimum absolute atomic E-state index is 0.0130. The van der Waals surface area contributed by atoms with Crippen LogP contribution in [-0.2, 0) is 24.2 Å². The number of methoxy groups -OCH3 is 2. The zero-order chi connectivity index (χ0) is 21.7. The van der Waals surface area contributed by atoms with E-state index in [4.69, 9.17) is 14.2 Å². The van der Waals surface area contributed by atoms with E-state index in [1.807, 2.05) is 49.9 Å². The number of hydrogen-bond acceptors (Lipinski definition) is 5. The Kier molecular flexibility index (Phi) is 6.87. The van der Waals surface area contributed by atoms with Crippen molar-refractivity contribution in [3.05, 3.63) is 59.2 Å². The maximum atomic E-state index is 12.9. The first kappa shape index (κ1) is 22.0. The summed E-state index contributed by atoms with van der Waals surface area (Å²) >= 11 is 0. The highest BCUT2D eigenvalue weighted by molar-refractivity contribution is 5.69. The molecule has 1 amide bonds. The lowest BCUT2D eigenvalue weighted by atomic mass is 9.94. The smallest absolute Gasteiger partial charge is 0.410 e. The second-order valence-corrected chi connectivity index (χ2v) is 8.54. The molecule has 30 heavy (non-hydrogen) atoms. The van der Waals surface area contributed by atoms with Crippen LogP contribution in [0, 0.1) is 0 Å². The molecule has 3 rings (SSSR count). The van der Waals surface area contributed by atoms with E-state index in [0.29, 0.717) is 19.6 Å². The third-order valence-corrected chi connectivity index (χ3v) is 5.17. The topological polar surface area (TPSA) is 60.0 Å². The predicted octanol–water partition coefficient (Wildman–Crippen LogP) is 4.16. The van der Waals surface area contributed by atoms with Crippen molar-refractivity contribution in [2.45, 2.75) is 51.9 Å². The van der Waals surface area contributed by atoms with E-state index < -0.39 is 5.60 Å². The monoisotopic (exact) mass is 412 g/mol. The van der Waals surface area contributed by atoms with Crippen LogP contribution in [0.3, 0.4) is 0 Å². The lowest BCUT2D eigenvalue weighted by Crippen LogP contribution is -2.50. The van der Waals surface area contributed by atoms with E-state index in [-0.39, 0.29) is 12.1 Å². The van der Waals surface area contributed by atoms with E-state index in [9.17, 15) is 4.79 Å². The number of hydrogen-bond donors (Lipinski definition) is 1. The van der Waals surface area contributed by atoms with Crippen molar-refractivity contribution >= 4 is 6.09 Å². The van der Waals surface area contributed by atoms with Crippen LogP contribution in [0.15, 0.2) is 42.5 Å². The standard InChI is InChI=1S/C24H32N2O4/c1-24(2,3)30-23(27)26-16-19-9-7-6-8-17(19)12-20(26)15-25-14-18-10-11-21(28-4)13-22(18)29-5/h6-11,13,20,25H,12,14-16H2,1-5H3. The lowest BCUT2D eigenvalue weighted by molar-refractivity contribution is 0.0119. The largest absolute Gasteiger partial charge is 0.497 e. The summed E-state index contributed by atoms with van der Waals surface area (Å²) < 4.78 is 16.4. The van der Waals surface area contributed by atoms with Crippen molar-refractivity contribution in [1.29, 1.82) is 0 Å². The highest BCUT2D eigenvalue weighted by atomic mass is 16.6. The average molecular weight is 413 g/mol. The van der Waals surface area contributed by atoms with Crippen LogP contribution in [0.2, 0.25) is 0 Å². The Hall–Kier alpha value is -2.73. The zero-order valence-corrected chi connectivity index (χ0v) is 18.5. The predicted molar refractivity (Wildman–Crippen MR) is 117 cm³/mol. The lowest BCUT2D eigenvalue weighted by Gasteiger charge is -2.38. The van der Waals surface area contributed by atoms with Gasteiger partial charge in [-0.3, -0.25) is 4.90 Å². The molecule has 6 nitrogen and oxygen atoms in total. The molecule has 1 N–H and O–H groups in total. The average Bonchev–Trinajstić information content (AvgIpc) is 2.72. The minimum atomic E-state index is -0.525. The van der Waals surface area contributed by atoms with Gasteiger partial charge in [0.2, 0.25) is 0 Å². The molecule has 0 radical (unpaired) electrons. The van der Waals surface area contributed by atoms with Gasteiger partial charge in [-0.05, 0) is 44.4 Å². The van der Waals surface area contributed by atoms with Crippen LogP contribution >= 0.6 is 0 Å². The van der Waals surface area contributed by atoms with Crippen molar-refractivity contribution in [2.75, 3.05) is 20.8 Å². The Balaban J connectivity index is 1.71. The summed E-state index contributed by atoms with van der Waals surface area (Å²) in [6.45, 7) is 7.53. The Morgan fingerprint density at radius 1 is 1.10 bits per heavy atom. The fraction of sp³-hybridized carbons (Fsp3) is 0.458. The molecule has 1 aliphatic heterocycles. The molecule has 1 aliphatic rings. The molecule has 1 unspecified atom stereocenters. The summed E-state index contributed by atoms with van der Waals surface area (Å²) in [7, 11) is 3.29. The molecular formula is C24H32N2O4. The van der Waals surface area contributed by atoms with Crippen LogP contribution in [0.1, 0.15) is 37.5 Å². The molecule has 1 atom stereocenters. The van der Waals surface area contributed by atoms with Crippen LogP contribution in [0.25, 0.3) is 0 Å². The van der Waals surface area contributed by atoms with Crippen LogP contribution < -0.4 is 14.8 Å². The van der Waals surface area contributed by atoms with Gasteiger partial charge in [-0.2, -0.15) is 0 Å². The van der Waals surface area contributed by atoms with Crippen LogP contribution in [0.4, 0.5) is 4.79 Å². The Bertz CT molecular complexity index is 876. The van der Waals surface area contributed by atoms with Crippen molar-refractivity contribution in [3.63, 3.8) is 0 Å². The van der Waals surface area contributed by atoms with Crippen molar-refractivity contribution in [3.8, 4) is 11.5 Å². The van der Waals surface area contributed by atoms with Gasteiger partial charge in [0.15, 0.2) is 0 Å². The molecule has 2 aromatic carbocycles. The molecular weight excluding hydrogens is 380 g/mol. The van der Waals surface area contributed by atoms with Gasteiger partial charge in [-0.1, -0.05) is 30.3 Å². The Labute approximate surface area is 179 Å². The molecule has 162 valence electrons. The third kappa shape index (κ3) is 5.45. The number of fused-ring (bicyclic) bond motifs is 1. The fourth-order valence-corrected chi connectivity index (χ4v) is 3.68. The van der Waals surface area contributed by atoms with Gasteiger partial charge in [0.25, 0.3) is 0 Å². The summed E-state index contributed by atoms with van der Waals surface area (Å²) in [6, 6.07) is 14.1. The highest BCUT2D eigenvalue weighted by Crippen LogP contribution is 2.26. The minimum Gasteiger partial charge on any atom is -0.497 e. The third-order valence-electron chi connectivity index (χ3n) is 5.17. The molecule has 0 bridgehead atoms. The molecule has 6 heteroatoms. The summed E-state index contributed by atoms with van der Waals surface area (Å²) in [4.78, 5) is 14.7. The first-order valence-corrected chi connectivity index (χ1v) is 10.3. The van der Waals surface area contributed by atoms with Gasteiger partial charge in [0.05, 0.1) is 20.3 Å². The first-order valence-electron chi connectivity index (χ1n) is 10.3. The number of carbonyl (C=O) groups excluding carboxylic acids is 1. The molecule has 0 spiro atoms. The summed E-state index contributed by atoms with van der Waals surface area (Å²) in [6.07, 6.45) is 0.521. The summed E-state index contributed by atoms with van der Waals surface area (Å²) in [5.41, 5.74) is 2.98. The maximum absolute atomic E-state index is 12.9. The van der Waals surface area contributed by atoms with Gasteiger partial charge in [-0.15, -0.1) is 0 Å². The van der Waals surface area contributed by atoms with Gasteiger partial charge >= 0.3 is 6.09 Å². The molecule has 0 saturated heterocycles. The van der Waals surface area contributed by atoms with Crippen molar-refractivity contribution in [2.24, 2.45) is 0 Å². The molecule has 0 saturated carbocycles. The molecule has 1 heterocycles. The fourth-order valence-electron chi connectivity index (χ4n) is 3.68. The zero-order valence-electron chi connectivity index (χ0n) is 18.5. The molecule has 0 fully saturated rings. The number of carbonyl (C=O) groups is 1. The SMILES string of the molecule is COc1ccc(CNCC2Cc3ccccc3CN2C(=O)OC(C)(C)C)c(OC)c1. The van der Waals surface area contributed by atoms with Gasteiger partial charge in [0, 0.05) is 31.3 Å². The number of amides is 1. The van der Waals surface area contributed by atoms with Gasteiger partial charge < -0.3 is 19.5 Å². The van der Waals surface area contributed by atoms with E-state index in [2.05, 4.69) is 23.5 Å². The maximum Gasteiger partial charge on any atom is 0.410 e. The normalized spacial score (nSPS) is 16.0. The number of benzene rings is 2. The summed E-state index contributed by atoms with van der Waals surface area (Å²) in [5, 5.41) is 3.49. The number of rotatable bonds is 6. The molecule has 2 aromatic rings. The molecule has 0 aromatic heterocycles. The molecule has 0 aliphatic carbocycles. The number of ether oxygens (including phenoxy) is 3. The van der Waals surface area contributed by atoms with Gasteiger partial charge in [-0.25, -0.2) is 4.79 Å². The van der Waals surface area contributed by atoms with Crippen LogP contribution in [0.5, 0.6) is 11.5 Å². The Morgan fingerprint density at radius 3 is 2.50 bits per heavy atom. The number of nitrogens with one attached hydrogen (secondary N) is 1. The van der Waals surface area contributed by atoms with E-state index >= 15 is 0 Å². The van der Waals surface area contributed by atoms with E-state index in [1.165, 1.54) is 11.1 Å². The highest BCUT2D eigenvalue weighted by Gasteiger charge is 2.32. The van der Waals surface area contributed by atoms with Crippen LogP contribution in [-0.4, -0.2) is 43.4 Å². The quantitative estimate of drug-likeness (QED) is 0.772.